The van der Waals surface area contributed by atoms with Gasteiger partial charge in [-0.2, -0.15) is 13.2 Å². The molecule has 40 heavy (non-hydrogen) atoms. The lowest BCUT2D eigenvalue weighted by atomic mass is 9.65. The summed E-state index contributed by atoms with van der Waals surface area (Å²) < 4.78 is 45.7. The molecule has 8 nitrogen and oxygen atoms in total. The predicted octanol–water partition coefficient (Wildman–Crippen LogP) is 3.79. The number of rotatable bonds is 6. The first-order chi connectivity index (χ1) is 19.1. The van der Waals surface area contributed by atoms with Gasteiger partial charge in [0.2, 0.25) is 0 Å². The Balaban J connectivity index is 1.31. The molecule has 0 radical (unpaired) electrons. The van der Waals surface area contributed by atoms with Crippen LogP contribution < -0.4 is 16.5 Å². The smallest absolute Gasteiger partial charge is 0.392 e. The van der Waals surface area contributed by atoms with E-state index in [2.05, 4.69) is 22.8 Å². The van der Waals surface area contributed by atoms with Crippen LogP contribution >= 0.6 is 0 Å². The fourth-order valence-corrected chi connectivity index (χ4v) is 8.05. The van der Waals surface area contributed by atoms with Crippen LogP contribution in [0.1, 0.15) is 75.5 Å². The van der Waals surface area contributed by atoms with E-state index in [4.69, 9.17) is 0 Å². The number of aliphatic hydroxyl groups is 1. The Morgan fingerprint density at radius 2 is 1.82 bits per heavy atom. The molecule has 11 heteroatoms. The second-order valence-electron chi connectivity index (χ2n) is 13.1. The average Bonchev–Trinajstić information content (AvgIpc) is 3.42. The maximum absolute atomic E-state index is 14.3. The standard InChI is InChI=1S/C29H43F3N6O2/c1-18-9-23(39)15-36(12-18)13-19-10-24(29(30,31)32)25-16-37(28(40)38(25)14-19)22-8-4-7-21(11-22)26(20-5-3-6-20)27-34-33-17-35(27)2/h10,14,16,18,20-23,26-27,33-34,39H,3-9,11-13,15,17H2,1-2H3/t18-,21?,22?,23+,26-,27?/m1/s1. The molecule has 0 amide bonds. The van der Waals surface area contributed by atoms with Crippen LogP contribution in [0.2, 0.25) is 0 Å². The van der Waals surface area contributed by atoms with Crippen LogP contribution in [-0.4, -0.2) is 62.9 Å². The zero-order valence-electron chi connectivity index (χ0n) is 23.5. The number of hydrazine groups is 1. The third-order valence-corrected chi connectivity index (χ3v) is 10.0. The van der Waals surface area contributed by atoms with E-state index in [-0.39, 0.29) is 30.2 Å². The van der Waals surface area contributed by atoms with Crippen molar-refractivity contribution in [2.24, 2.45) is 23.7 Å². The summed E-state index contributed by atoms with van der Waals surface area (Å²) in [6, 6.07) is 1.08. The Morgan fingerprint density at radius 3 is 2.48 bits per heavy atom. The maximum Gasteiger partial charge on any atom is 0.418 e. The van der Waals surface area contributed by atoms with Crippen molar-refractivity contribution in [2.75, 3.05) is 26.8 Å². The second-order valence-corrected chi connectivity index (χ2v) is 13.1. The number of piperidine rings is 1. The minimum Gasteiger partial charge on any atom is -0.392 e. The van der Waals surface area contributed by atoms with Crippen molar-refractivity contribution in [3.8, 4) is 0 Å². The molecule has 0 aromatic carbocycles. The topological polar surface area (TPSA) is 77.2 Å². The van der Waals surface area contributed by atoms with E-state index in [0.717, 1.165) is 32.4 Å². The average molecular weight is 565 g/mol. The number of β-amino-alcohol motifs (C(OH)–C–C–N with tert-alkyl or cyclic N) is 1. The van der Waals surface area contributed by atoms with E-state index < -0.39 is 23.5 Å². The molecule has 4 fully saturated rings. The number of hydrogen-bond acceptors (Lipinski definition) is 6. The van der Waals surface area contributed by atoms with Crippen molar-refractivity contribution in [3.05, 3.63) is 40.1 Å². The highest BCUT2D eigenvalue weighted by Crippen LogP contribution is 2.47. The minimum absolute atomic E-state index is 0.0765. The molecule has 2 saturated heterocycles. The largest absolute Gasteiger partial charge is 0.418 e. The van der Waals surface area contributed by atoms with E-state index >= 15 is 0 Å². The molecule has 3 N–H and O–H groups in total. The Labute approximate surface area is 233 Å². The van der Waals surface area contributed by atoms with Crippen molar-refractivity contribution in [1.29, 1.82) is 0 Å². The lowest BCUT2D eigenvalue weighted by Crippen LogP contribution is -2.50. The second kappa shape index (κ2) is 11.1. The van der Waals surface area contributed by atoms with Gasteiger partial charge in [-0.25, -0.2) is 15.6 Å². The zero-order chi connectivity index (χ0) is 28.2. The number of aromatic nitrogens is 2. The Hall–Kier alpha value is -1.92. The molecule has 2 aliphatic carbocycles. The van der Waals surface area contributed by atoms with Gasteiger partial charge in [-0.3, -0.25) is 18.8 Å². The highest BCUT2D eigenvalue weighted by molar-refractivity contribution is 5.56. The van der Waals surface area contributed by atoms with Gasteiger partial charge in [-0.1, -0.05) is 32.6 Å². The van der Waals surface area contributed by atoms with Crippen molar-refractivity contribution in [2.45, 2.75) is 89.3 Å². The van der Waals surface area contributed by atoms with Crippen molar-refractivity contribution >= 4 is 5.52 Å². The maximum atomic E-state index is 14.3. The molecule has 4 heterocycles. The summed E-state index contributed by atoms with van der Waals surface area (Å²) in [7, 11) is 2.12. The molecular weight excluding hydrogens is 521 g/mol. The highest BCUT2D eigenvalue weighted by Gasteiger charge is 2.44. The van der Waals surface area contributed by atoms with Crippen molar-refractivity contribution < 1.29 is 18.3 Å². The first-order valence-corrected chi connectivity index (χ1v) is 15.0. The van der Waals surface area contributed by atoms with Gasteiger partial charge in [0.1, 0.15) is 0 Å². The third-order valence-electron chi connectivity index (χ3n) is 10.0. The third kappa shape index (κ3) is 5.47. The number of likely N-dealkylation sites (tertiary alicyclic amines) is 1. The minimum atomic E-state index is -4.58. The number of pyridine rings is 1. The van der Waals surface area contributed by atoms with E-state index in [9.17, 15) is 23.1 Å². The van der Waals surface area contributed by atoms with Gasteiger partial charge in [-0.15, -0.1) is 0 Å². The molecule has 4 aliphatic rings. The highest BCUT2D eigenvalue weighted by atomic mass is 19.4. The lowest BCUT2D eigenvalue weighted by Gasteiger charge is -2.46. The van der Waals surface area contributed by atoms with Gasteiger partial charge >= 0.3 is 11.9 Å². The first-order valence-electron chi connectivity index (χ1n) is 15.0. The SMILES string of the molecule is C[C@@H]1C[C@H](O)CN(Cc2cc(C(F)(F)F)c3cn(C4CCCC([C@@H](C5CCC5)C5NNCN5C)C4)c(=O)n3c2)C1. The summed E-state index contributed by atoms with van der Waals surface area (Å²) in [6.07, 6.45) is 6.24. The first kappa shape index (κ1) is 28.2. The number of imidazole rings is 1. The van der Waals surface area contributed by atoms with Crippen LogP contribution in [0, 0.1) is 23.7 Å². The predicted molar refractivity (Wildman–Crippen MR) is 146 cm³/mol. The fraction of sp³-hybridized carbons (Fsp3) is 0.759. The van der Waals surface area contributed by atoms with Gasteiger partial charge < -0.3 is 5.11 Å². The number of nitrogens with one attached hydrogen (secondary N) is 2. The van der Waals surface area contributed by atoms with E-state index in [1.54, 1.807) is 10.8 Å². The van der Waals surface area contributed by atoms with Crippen LogP contribution in [0.3, 0.4) is 0 Å². The molecule has 0 bridgehead atoms. The number of nitrogens with zero attached hydrogens (tertiary/aromatic N) is 4. The number of halogens is 3. The van der Waals surface area contributed by atoms with Gasteiger partial charge in [0.05, 0.1) is 30.0 Å². The number of hydrogen-bond donors (Lipinski definition) is 3. The molecule has 222 valence electrons. The van der Waals surface area contributed by atoms with Crippen LogP contribution in [0.25, 0.3) is 5.52 Å². The van der Waals surface area contributed by atoms with Gasteiger partial charge in [-0.05, 0) is 68.0 Å². The molecule has 0 spiro atoms. The summed E-state index contributed by atoms with van der Waals surface area (Å²) in [5, 5.41) is 10.2. The Morgan fingerprint density at radius 1 is 1.07 bits per heavy atom. The summed E-state index contributed by atoms with van der Waals surface area (Å²) in [5.41, 5.74) is 5.94. The Kier molecular flexibility index (Phi) is 7.80. The summed E-state index contributed by atoms with van der Waals surface area (Å²) in [4.78, 5) is 18.0. The van der Waals surface area contributed by atoms with E-state index in [1.165, 1.54) is 35.9 Å². The summed E-state index contributed by atoms with van der Waals surface area (Å²) in [6.45, 7) is 4.22. The fourth-order valence-electron chi connectivity index (χ4n) is 8.05. The van der Waals surface area contributed by atoms with Crippen molar-refractivity contribution in [1.82, 2.24) is 29.6 Å². The Bertz CT molecular complexity index is 1250. The molecule has 3 unspecified atom stereocenters. The molecule has 2 aliphatic heterocycles. The molecule has 6 atom stereocenters. The monoisotopic (exact) mass is 564 g/mol. The molecule has 2 aromatic rings. The summed E-state index contributed by atoms with van der Waals surface area (Å²) in [5.74, 6) is 1.76. The van der Waals surface area contributed by atoms with Crippen LogP contribution in [0.15, 0.2) is 23.3 Å². The zero-order valence-corrected chi connectivity index (χ0v) is 23.5. The van der Waals surface area contributed by atoms with Gasteiger partial charge in [0.15, 0.2) is 0 Å². The van der Waals surface area contributed by atoms with Crippen molar-refractivity contribution in [3.63, 3.8) is 0 Å². The lowest BCUT2D eigenvalue weighted by molar-refractivity contribution is -0.136. The van der Waals surface area contributed by atoms with Crippen LogP contribution in [0.5, 0.6) is 0 Å². The molecule has 2 saturated carbocycles. The molecule has 6 rings (SSSR count). The quantitative estimate of drug-likeness (QED) is 0.496. The van der Waals surface area contributed by atoms with E-state index in [1.807, 2.05) is 11.8 Å². The van der Waals surface area contributed by atoms with Crippen LogP contribution in [0.4, 0.5) is 13.2 Å². The van der Waals surface area contributed by atoms with Gasteiger partial charge in [0, 0.05) is 38.1 Å². The summed E-state index contributed by atoms with van der Waals surface area (Å²) >= 11 is 0. The normalized spacial score (nSPS) is 32.0. The molecule has 2 aromatic heterocycles. The van der Waals surface area contributed by atoms with Gasteiger partial charge in [0.25, 0.3) is 0 Å². The van der Waals surface area contributed by atoms with Crippen LogP contribution in [-0.2, 0) is 12.7 Å². The number of aliphatic hydroxyl groups excluding tert-OH is 1. The van der Waals surface area contributed by atoms with E-state index in [0.29, 0.717) is 42.8 Å². The molecular formula is C29H43F3N6O2. The number of alkyl halides is 3. The number of fused-ring (bicyclic) bond motifs is 1.